The Hall–Kier alpha value is -2.27. The number of ether oxygens (including phenoxy) is 1. The SMILES string of the molecule is Cc1cccc(OCCSc2nc3ccccc3c(=O)[nH]2)c1. The van der Waals surface area contributed by atoms with E-state index in [0.29, 0.717) is 22.7 Å². The molecular formula is C17H16N2O2S. The van der Waals surface area contributed by atoms with Crippen LogP contribution in [0.2, 0.25) is 0 Å². The monoisotopic (exact) mass is 312 g/mol. The van der Waals surface area contributed by atoms with E-state index < -0.39 is 0 Å². The number of aromatic amines is 1. The summed E-state index contributed by atoms with van der Waals surface area (Å²) in [6.07, 6.45) is 0. The van der Waals surface area contributed by atoms with E-state index in [9.17, 15) is 4.79 Å². The third kappa shape index (κ3) is 3.49. The highest BCUT2D eigenvalue weighted by Gasteiger charge is 2.03. The van der Waals surface area contributed by atoms with Gasteiger partial charge < -0.3 is 9.72 Å². The molecule has 0 radical (unpaired) electrons. The van der Waals surface area contributed by atoms with Crippen LogP contribution in [0.5, 0.6) is 5.75 Å². The van der Waals surface area contributed by atoms with Crippen molar-refractivity contribution in [3.63, 3.8) is 0 Å². The van der Waals surface area contributed by atoms with Crippen molar-refractivity contribution in [3.05, 3.63) is 64.4 Å². The molecule has 22 heavy (non-hydrogen) atoms. The van der Waals surface area contributed by atoms with Crippen molar-refractivity contribution in [3.8, 4) is 5.75 Å². The molecule has 4 nitrogen and oxygen atoms in total. The quantitative estimate of drug-likeness (QED) is 0.446. The molecule has 0 spiro atoms. The van der Waals surface area contributed by atoms with Crippen LogP contribution in [0.1, 0.15) is 5.56 Å². The van der Waals surface area contributed by atoms with Gasteiger partial charge in [-0.3, -0.25) is 4.79 Å². The molecular weight excluding hydrogens is 296 g/mol. The van der Waals surface area contributed by atoms with Crippen LogP contribution in [0.25, 0.3) is 10.9 Å². The van der Waals surface area contributed by atoms with Gasteiger partial charge in [0.25, 0.3) is 5.56 Å². The number of thioether (sulfide) groups is 1. The lowest BCUT2D eigenvalue weighted by Crippen LogP contribution is -2.10. The fourth-order valence-electron chi connectivity index (χ4n) is 2.14. The van der Waals surface area contributed by atoms with Crippen molar-refractivity contribution in [1.82, 2.24) is 9.97 Å². The molecule has 2 aromatic carbocycles. The first-order chi connectivity index (χ1) is 10.7. The van der Waals surface area contributed by atoms with E-state index in [1.54, 1.807) is 6.07 Å². The van der Waals surface area contributed by atoms with Gasteiger partial charge in [0.1, 0.15) is 5.75 Å². The highest BCUT2D eigenvalue weighted by atomic mass is 32.2. The first-order valence-corrected chi connectivity index (χ1v) is 8.02. The Bertz CT molecular complexity index is 845. The van der Waals surface area contributed by atoms with Gasteiger partial charge in [0.05, 0.1) is 17.5 Å². The summed E-state index contributed by atoms with van der Waals surface area (Å²) in [5.41, 5.74) is 1.78. The predicted molar refractivity (Wildman–Crippen MR) is 89.8 cm³/mol. The van der Waals surface area contributed by atoms with Gasteiger partial charge in [-0.2, -0.15) is 0 Å². The molecule has 112 valence electrons. The van der Waals surface area contributed by atoms with Gasteiger partial charge in [-0.05, 0) is 36.8 Å². The molecule has 0 aliphatic carbocycles. The average Bonchev–Trinajstić information content (AvgIpc) is 2.52. The number of aryl methyl sites for hydroxylation is 1. The Kier molecular flexibility index (Phi) is 4.44. The van der Waals surface area contributed by atoms with E-state index in [-0.39, 0.29) is 5.56 Å². The molecule has 0 saturated carbocycles. The summed E-state index contributed by atoms with van der Waals surface area (Å²) in [4.78, 5) is 19.2. The van der Waals surface area contributed by atoms with E-state index in [2.05, 4.69) is 9.97 Å². The minimum Gasteiger partial charge on any atom is -0.493 e. The number of para-hydroxylation sites is 1. The Morgan fingerprint density at radius 3 is 2.91 bits per heavy atom. The predicted octanol–water partition coefficient (Wildman–Crippen LogP) is 3.40. The Balaban J connectivity index is 1.61. The fourth-order valence-corrected chi connectivity index (χ4v) is 2.82. The van der Waals surface area contributed by atoms with Crippen molar-refractivity contribution < 1.29 is 4.74 Å². The van der Waals surface area contributed by atoms with Gasteiger partial charge in [-0.25, -0.2) is 4.98 Å². The third-order valence-corrected chi connectivity index (χ3v) is 4.01. The van der Waals surface area contributed by atoms with Crippen LogP contribution in [0.3, 0.4) is 0 Å². The second kappa shape index (κ2) is 6.66. The first-order valence-electron chi connectivity index (χ1n) is 7.04. The van der Waals surface area contributed by atoms with Crippen LogP contribution < -0.4 is 10.3 Å². The number of fused-ring (bicyclic) bond motifs is 1. The van der Waals surface area contributed by atoms with Crippen molar-refractivity contribution in [1.29, 1.82) is 0 Å². The van der Waals surface area contributed by atoms with E-state index in [4.69, 9.17) is 4.74 Å². The van der Waals surface area contributed by atoms with Crippen LogP contribution in [-0.4, -0.2) is 22.3 Å². The Labute approximate surface area is 132 Å². The maximum Gasteiger partial charge on any atom is 0.259 e. The average molecular weight is 312 g/mol. The third-order valence-electron chi connectivity index (χ3n) is 3.17. The second-order valence-corrected chi connectivity index (χ2v) is 5.99. The molecule has 0 fully saturated rings. The maximum absolute atomic E-state index is 12.0. The normalized spacial score (nSPS) is 10.8. The number of rotatable bonds is 5. The smallest absolute Gasteiger partial charge is 0.259 e. The number of nitrogens with zero attached hydrogens (tertiary/aromatic N) is 1. The molecule has 0 atom stereocenters. The van der Waals surface area contributed by atoms with Gasteiger partial charge in [-0.15, -0.1) is 0 Å². The maximum atomic E-state index is 12.0. The highest BCUT2D eigenvalue weighted by molar-refractivity contribution is 7.99. The van der Waals surface area contributed by atoms with Crippen LogP contribution in [0, 0.1) is 6.92 Å². The van der Waals surface area contributed by atoms with Gasteiger partial charge in [0, 0.05) is 5.75 Å². The highest BCUT2D eigenvalue weighted by Crippen LogP contribution is 2.16. The number of hydrogen-bond donors (Lipinski definition) is 1. The number of aromatic nitrogens is 2. The summed E-state index contributed by atoms with van der Waals surface area (Å²) >= 11 is 1.48. The number of benzene rings is 2. The van der Waals surface area contributed by atoms with E-state index in [1.165, 1.54) is 17.3 Å². The topological polar surface area (TPSA) is 55.0 Å². The fraction of sp³-hybridized carbons (Fsp3) is 0.176. The molecule has 1 aromatic heterocycles. The molecule has 3 aromatic rings. The summed E-state index contributed by atoms with van der Waals surface area (Å²) in [5, 5.41) is 1.24. The molecule has 0 amide bonds. The van der Waals surface area contributed by atoms with Crippen LogP contribution in [0.15, 0.2) is 58.5 Å². The van der Waals surface area contributed by atoms with E-state index in [1.807, 2.05) is 49.4 Å². The summed E-state index contributed by atoms with van der Waals surface area (Å²) in [5.74, 6) is 1.58. The minimum atomic E-state index is -0.104. The lowest BCUT2D eigenvalue weighted by molar-refractivity contribution is 0.343. The van der Waals surface area contributed by atoms with Crippen LogP contribution in [-0.2, 0) is 0 Å². The molecule has 3 rings (SSSR count). The summed E-state index contributed by atoms with van der Waals surface area (Å²) in [6, 6.07) is 15.3. The van der Waals surface area contributed by atoms with E-state index in [0.717, 1.165) is 11.5 Å². The van der Waals surface area contributed by atoms with Crippen molar-refractivity contribution in [2.24, 2.45) is 0 Å². The number of hydrogen-bond acceptors (Lipinski definition) is 4. The van der Waals surface area contributed by atoms with Crippen molar-refractivity contribution in [2.75, 3.05) is 12.4 Å². The summed E-state index contributed by atoms with van der Waals surface area (Å²) in [6.45, 7) is 2.59. The zero-order chi connectivity index (χ0) is 15.4. The Morgan fingerprint density at radius 1 is 1.18 bits per heavy atom. The standard InChI is InChI=1S/C17H16N2O2S/c1-12-5-4-6-13(11-12)21-9-10-22-17-18-15-8-3-2-7-14(15)16(20)19-17/h2-8,11H,9-10H2,1H3,(H,18,19,20). The Morgan fingerprint density at radius 2 is 2.05 bits per heavy atom. The van der Waals surface area contributed by atoms with E-state index >= 15 is 0 Å². The van der Waals surface area contributed by atoms with Gasteiger partial charge in [-0.1, -0.05) is 36.0 Å². The van der Waals surface area contributed by atoms with Crippen molar-refractivity contribution >= 4 is 22.7 Å². The molecule has 0 aliphatic rings. The molecule has 1 heterocycles. The first kappa shape index (κ1) is 14.7. The van der Waals surface area contributed by atoms with Crippen LogP contribution >= 0.6 is 11.8 Å². The molecule has 1 N–H and O–H groups in total. The van der Waals surface area contributed by atoms with Crippen LogP contribution in [0.4, 0.5) is 0 Å². The zero-order valence-corrected chi connectivity index (χ0v) is 13.0. The molecule has 0 aliphatic heterocycles. The number of H-pyrrole nitrogens is 1. The minimum absolute atomic E-state index is 0.104. The summed E-state index contributed by atoms with van der Waals surface area (Å²) < 4.78 is 5.69. The largest absolute Gasteiger partial charge is 0.493 e. The molecule has 5 heteroatoms. The van der Waals surface area contributed by atoms with Gasteiger partial charge >= 0.3 is 0 Å². The molecule has 0 bridgehead atoms. The summed E-state index contributed by atoms with van der Waals surface area (Å²) in [7, 11) is 0. The van der Waals surface area contributed by atoms with Gasteiger partial charge in [0.2, 0.25) is 0 Å². The van der Waals surface area contributed by atoms with Gasteiger partial charge in [0.15, 0.2) is 5.16 Å². The number of nitrogens with one attached hydrogen (secondary N) is 1. The lowest BCUT2D eigenvalue weighted by atomic mass is 10.2. The lowest BCUT2D eigenvalue weighted by Gasteiger charge is -2.06. The zero-order valence-electron chi connectivity index (χ0n) is 12.2. The molecule has 0 unspecified atom stereocenters. The second-order valence-electron chi connectivity index (χ2n) is 4.90. The van der Waals surface area contributed by atoms with Crippen molar-refractivity contribution in [2.45, 2.75) is 12.1 Å². The molecule has 0 saturated heterocycles.